The second kappa shape index (κ2) is 41.1. The molecule has 0 aliphatic rings. The molecule has 1 N–H and O–H groups in total. The van der Waals surface area contributed by atoms with E-state index in [9.17, 15) is 14.7 Å². The molecule has 0 saturated carbocycles. The third-order valence-corrected chi connectivity index (χ3v) is 10.3. The Kier molecular flexibility index (Phi) is 40.0. The van der Waals surface area contributed by atoms with Crippen LogP contribution in [0.5, 0.6) is 0 Å². The summed E-state index contributed by atoms with van der Waals surface area (Å²) in [5, 5.41) is 9.53. The molecule has 1 unspecified atom stereocenters. The molecule has 0 aliphatic carbocycles. The highest BCUT2D eigenvalue weighted by molar-refractivity contribution is 5.77. The van der Waals surface area contributed by atoms with E-state index in [1.165, 1.54) is 193 Å². The molecule has 0 bridgehead atoms. The maximum atomic E-state index is 12.3. The second-order valence-corrected chi connectivity index (χ2v) is 15.2. The number of aliphatic carboxylic acids is 1. The molecule has 0 aromatic rings. The van der Waals surface area contributed by atoms with Crippen molar-refractivity contribution in [3.05, 3.63) is 12.2 Å². The van der Waals surface area contributed by atoms with E-state index in [-0.39, 0.29) is 5.97 Å². The van der Waals surface area contributed by atoms with Gasteiger partial charge in [-0.05, 0) is 44.9 Å². The molecule has 1 atom stereocenters. The Hall–Kier alpha value is -1.32. The summed E-state index contributed by atoms with van der Waals surface area (Å²) in [5.74, 6) is -1.34. The van der Waals surface area contributed by atoms with Crippen LogP contribution in [-0.2, 0) is 14.3 Å². The normalized spacial score (nSPS) is 12.2. The lowest BCUT2D eigenvalue weighted by Crippen LogP contribution is -2.27. The third-order valence-electron chi connectivity index (χ3n) is 10.3. The van der Waals surface area contributed by atoms with Crippen molar-refractivity contribution in [1.29, 1.82) is 0 Å². The van der Waals surface area contributed by atoms with Crippen molar-refractivity contribution in [3.8, 4) is 0 Å². The summed E-state index contributed by atoms with van der Waals surface area (Å²) in [5.41, 5.74) is 0. The zero-order chi connectivity index (χ0) is 35.7. The number of allylic oxidation sites excluding steroid dienone is 2. The lowest BCUT2D eigenvalue weighted by molar-refractivity contribution is -0.164. The number of carbonyl (C=O) groups is 2. The minimum atomic E-state index is -1.000. The van der Waals surface area contributed by atoms with Gasteiger partial charge in [-0.2, -0.15) is 0 Å². The molecule has 0 rings (SSSR count). The van der Waals surface area contributed by atoms with E-state index in [4.69, 9.17) is 4.74 Å². The van der Waals surface area contributed by atoms with Gasteiger partial charge in [0.25, 0.3) is 0 Å². The molecular formula is C45H86O4. The fourth-order valence-corrected chi connectivity index (χ4v) is 6.91. The Morgan fingerprint density at radius 3 is 1.04 bits per heavy atom. The topological polar surface area (TPSA) is 63.6 Å². The molecule has 0 saturated heterocycles. The minimum Gasteiger partial charge on any atom is -0.479 e. The number of carboxylic acid groups (broad SMARTS) is 1. The Balaban J connectivity index is 3.48. The Morgan fingerprint density at radius 1 is 0.429 bits per heavy atom. The minimum absolute atomic E-state index is 0.341. The van der Waals surface area contributed by atoms with Crippen LogP contribution in [0.1, 0.15) is 258 Å². The molecule has 0 aromatic carbocycles. The van der Waals surface area contributed by atoms with Crippen molar-refractivity contribution in [1.82, 2.24) is 0 Å². The third kappa shape index (κ3) is 39.3. The summed E-state index contributed by atoms with van der Waals surface area (Å²) in [4.78, 5) is 23.9. The fourth-order valence-electron chi connectivity index (χ4n) is 6.91. The average molecular weight is 691 g/mol. The molecule has 0 aliphatic heterocycles. The molecule has 0 amide bonds. The van der Waals surface area contributed by atoms with E-state index in [2.05, 4.69) is 26.0 Å². The van der Waals surface area contributed by atoms with Gasteiger partial charge >= 0.3 is 11.9 Å². The van der Waals surface area contributed by atoms with Gasteiger partial charge in [0.15, 0.2) is 6.10 Å². The maximum absolute atomic E-state index is 12.3. The highest BCUT2D eigenvalue weighted by atomic mass is 16.6. The lowest BCUT2D eigenvalue weighted by atomic mass is 10.0. The summed E-state index contributed by atoms with van der Waals surface area (Å²) in [6.07, 6.45) is 51.2. The lowest BCUT2D eigenvalue weighted by Gasteiger charge is -2.13. The number of carbonyl (C=O) groups excluding carboxylic acids is 1. The van der Waals surface area contributed by atoms with Gasteiger partial charge in [0.2, 0.25) is 0 Å². The number of unbranched alkanes of at least 4 members (excludes halogenated alkanes) is 33. The van der Waals surface area contributed by atoms with Gasteiger partial charge in [-0.25, -0.2) is 4.79 Å². The smallest absolute Gasteiger partial charge is 0.345 e. The van der Waals surface area contributed by atoms with Gasteiger partial charge in [0, 0.05) is 6.42 Å². The molecule has 4 heteroatoms. The standard InChI is InChI=1S/C45H86O4/c1-3-5-7-9-11-13-15-17-19-21-23-24-26-28-30-32-34-36-38-40-42-44(46)49-43(45(47)48)41-39-37-35-33-31-29-27-25-22-20-18-16-14-12-10-8-6-4-2/h17,19,43H,3-16,18,20-42H2,1-2H3,(H,47,48)/b19-17-. The molecule has 0 spiro atoms. The summed E-state index contributed by atoms with van der Waals surface area (Å²) >= 11 is 0. The largest absolute Gasteiger partial charge is 0.479 e. The summed E-state index contributed by atoms with van der Waals surface area (Å²) in [7, 11) is 0. The van der Waals surface area contributed by atoms with Gasteiger partial charge < -0.3 is 9.84 Å². The predicted octanol–water partition coefficient (Wildman–Crippen LogP) is 15.4. The van der Waals surface area contributed by atoms with Crippen molar-refractivity contribution in [2.75, 3.05) is 0 Å². The highest BCUT2D eigenvalue weighted by Crippen LogP contribution is 2.17. The zero-order valence-electron chi connectivity index (χ0n) is 33.3. The van der Waals surface area contributed by atoms with E-state index in [1.54, 1.807) is 0 Å². The Labute approximate surface area is 306 Å². The average Bonchev–Trinajstić information content (AvgIpc) is 3.09. The van der Waals surface area contributed by atoms with Gasteiger partial charge in [-0.1, -0.05) is 219 Å². The van der Waals surface area contributed by atoms with Crippen molar-refractivity contribution < 1.29 is 19.4 Å². The molecule has 4 nitrogen and oxygen atoms in total. The van der Waals surface area contributed by atoms with Crippen LogP contribution in [-0.4, -0.2) is 23.1 Å². The first kappa shape index (κ1) is 47.7. The quantitative estimate of drug-likeness (QED) is 0.0394. The van der Waals surface area contributed by atoms with Crippen LogP contribution < -0.4 is 0 Å². The van der Waals surface area contributed by atoms with Crippen molar-refractivity contribution in [2.45, 2.75) is 264 Å². The van der Waals surface area contributed by atoms with Gasteiger partial charge in [0.1, 0.15) is 0 Å². The Morgan fingerprint density at radius 2 is 0.714 bits per heavy atom. The first-order chi connectivity index (χ1) is 24.1. The monoisotopic (exact) mass is 691 g/mol. The Bertz CT molecular complexity index is 702. The number of carboxylic acids is 1. The van der Waals surface area contributed by atoms with Crippen LogP contribution in [0.3, 0.4) is 0 Å². The molecule has 0 fully saturated rings. The highest BCUT2D eigenvalue weighted by Gasteiger charge is 2.21. The number of hydrogen-bond acceptors (Lipinski definition) is 3. The first-order valence-electron chi connectivity index (χ1n) is 22.2. The van der Waals surface area contributed by atoms with E-state index < -0.39 is 12.1 Å². The molecule has 0 radical (unpaired) electrons. The van der Waals surface area contributed by atoms with Crippen LogP contribution in [0.15, 0.2) is 12.2 Å². The van der Waals surface area contributed by atoms with Crippen LogP contribution in [0.25, 0.3) is 0 Å². The van der Waals surface area contributed by atoms with Crippen LogP contribution in [0, 0.1) is 0 Å². The van der Waals surface area contributed by atoms with Crippen LogP contribution in [0.2, 0.25) is 0 Å². The molecular weight excluding hydrogens is 604 g/mol. The zero-order valence-corrected chi connectivity index (χ0v) is 33.3. The van der Waals surface area contributed by atoms with Crippen molar-refractivity contribution in [3.63, 3.8) is 0 Å². The van der Waals surface area contributed by atoms with Crippen LogP contribution in [0.4, 0.5) is 0 Å². The molecule has 290 valence electrons. The number of rotatable bonds is 41. The van der Waals surface area contributed by atoms with E-state index in [0.29, 0.717) is 12.8 Å². The maximum Gasteiger partial charge on any atom is 0.345 e. The molecule has 0 heterocycles. The molecule has 0 aromatic heterocycles. The van der Waals surface area contributed by atoms with Crippen LogP contribution >= 0.6 is 0 Å². The number of hydrogen-bond donors (Lipinski definition) is 1. The fraction of sp³-hybridized carbons (Fsp3) is 0.911. The van der Waals surface area contributed by atoms with Crippen molar-refractivity contribution in [2.24, 2.45) is 0 Å². The van der Waals surface area contributed by atoms with E-state index in [1.807, 2.05) is 0 Å². The summed E-state index contributed by atoms with van der Waals surface area (Å²) < 4.78 is 5.34. The van der Waals surface area contributed by atoms with Gasteiger partial charge in [-0.15, -0.1) is 0 Å². The van der Waals surface area contributed by atoms with E-state index >= 15 is 0 Å². The van der Waals surface area contributed by atoms with E-state index in [0.717, 1.165) is 38.5 Å². The van der Waals surface area contributed by atoms with Gasteiger partial charge in [-0.3, -0.25) is 4.79 Å². The predicted molar refractivity (Wildman–Crippen MR) is 213 cm³/mol. The van der Waals surface area contributed by atoms with Gasteiger partial charge in [0.05, 0.1) is 0 Å². The summed E-state index contributed by atoms with van der Waals surface area (Å²) in [6.45, 7) is 4.56. The second-order valence-electron chi connectivity index (χ2n) is 15.2. The van der Waals surface area contributed by atoms with Crippen molar-refractivity contribution >= 4 is 11.9 Å². The number of esters is 1. The molecule has 49 heavy (non-hydrogen) atoms. The number of ether oxygens (including phenoxy) is 1. The first-order valence-corrected chi connectivity index (χ1v) is 22.2. The summed E-state index contributed by atoms with van der Waals surface area (Å²) in [6, 6.07) is 0. The SMILES string of the molecule is CCCCCCCC/C=C\CCCCCCCCCCCCC(=O)OC(CCCCCCCCCCCCCCCCCCCC)C(=O)O.